The molecule has 2 aromatic carbocycles. The highest BCUT2D eigenvalue weighted by molar-refractivity contribution is 5.94. The average Bonchev–Trinajstić information content (AvgIpc) is 2.83. The number of rotatable bonds is 10. The van der Waals surface area contributed by atoms with Crippen molar-refractivity contribution in [1.82, 2.24) is 15.6 Å². The van der Waals surface area contributed by atoms with Gasteiger partial charge in [-0.15, -0.1) is 0 Å². The van der Waals surface area contributed by atoms with Gasteiger partial charge in [0, 0.05) is 12.1 Å². The summed E-state index contributed by atoms with van der Waals surface area (Å²) in [5, 5.41) is 7.17. The van der Waals surface area contributed by atoms with Crippen LogP contribution in [0.1, 0.15) is 60.0 Å². The minimum atomic E-state index is -0.186. The smallest absolute Gasteiger partial charge is 0.257 e. The molecule has 32 heavy (non-hydrogen) atoms. The van der Waals surface area contributed by atoms with Crippen LogP contribution in [-0.2, 0) is 4.79 Å². The van der Waals surface area contributed by atoms with E-state index in [2.05, 4.69) is 20.7 Å². The molecule has 1 fully saturated rings. The minimum Gasteiger partial charge on any atom is -0.352 e. The van der Waals surface area contributed by atoms with E-state index in [9.17, 15) is 9.59 Å². The monoisotopic (exact) mass is 434 g/mol. The summed E-state index contributed by atoms with van der Waals surface area (Å²) in [4.78, 5) is 27.4. The van der Waals surface area contributed by atoms with Gasteiger partial charge in [0.2, 0.25) is 0 Å². The van der Waals surface area contributed by atoms with Gasteiger partial charge in [-0.1, -0.05) is 48.9 Å². The van der Waals surface area contributed by atoms with E-state index in [0.717, 1.165) is 56.3 Å². The van der Waals surface area contributed by atoms with Gasteiger partial charge in [0.15, 0.2) is 0 Å². The molecule has 2 N–H and O–H groups in total. The first-order valence-electron chi connectivity index (χ1n) is 11.6. The van der Waals surface area contributed by atoms with Crippen LogP contribution in [0.5, 0.6) is 0 Å². The van der Waals surface area contributed by atoms with Crippen LogP contribution in [0, 0.1) is 6.92 Å². The van der Waals surface area contributed by atoms with Gasteiger partial charge in [0.05, 0.1) is 12.3 Å². The highest BCUT2D eigenvalue weighted by Crippen LogP contribution is 2.16. The summed E-state index contributed by atoms with van der Waals surface area (Å²) in [6.07, 6.45) is 7.65. The summed E-state index contributed by atoms with van der Waals surface area (Å²) in [6.45, 7) is 4.53. The van der Waals surface area contributed by atoms with Gasteiger partial charge in [0.25, 0.3) is 11.8 Å². The summed E-state index contributed by atoms with van der Waals surface area (Å²) in [5.74, 6) is -0.105. The van der Waals surface area contributed by atoms with Crippen molar-refractivity contribution < 1.29 is 9.59 Å². The third-order valence-electron chi connectivity index (χ3n) is 5.93. The summed E-state index contributed by atoms with van der Waals surface area (Å²) >= 11 is 0. The second kappa shape index (κ2) is 12.8. The summed E-state index contributed by atoms with van der Waals surface area (Å²) in [7, 11) is 0. The number of nitrogens with zero attached hydrogens (tertiary/aromatic N) is 2. The van der Waals surface area contributed by atoms with Crippen molar-refractivity contribution in [2.45, 2.75) is 51.5 Å². The maximum atomic E-state index is 12.9. The molecule has 0 bridgehead atoms. The molecular formula is C26H34N4O2. The molecule has 170 valence electrons. The van der Waals surface area contributed by atoms with Crippen molar-refractivity contribution in [2.75, 3.05) is 19.6 Å². The number of carbonyl (C=O) groups excluding carboxylic acids is 2. The number of carbonyl (C=O) groups is 2. The van der Waals surface area contributed by atoms with Gasteiger partial charge < -0.3 is 5.32 Å². The molecule has 2 aromatic rings. The van der Waals surface area contributed by atoms with E-state index in [1.54, 1.807) is 6.21 Å². The van der Waals surface area contributed by atoms with Crippen molar-refractivity contribution in [3.05, 3.63) is 71.3 Å². The number of hydrazone groups is 1. The number of nitrogens with one attached hydrogen (secondary N) is 2. The predicted octanol–water partition coefficient (Wildman–Crippen LogP) is 3.90. The molecule has 1 aliphatic rings. The summed E-state index contributed by atoms with van der Waals surface area (Å²) in [5.41, 5.74) is 5.54. The molecule has 1 atom stereocenters. The number of likely N-dealkylation sites (tertiary alicyclic amines) is 1. The van der Waals surface area contributed by atoms with Crippen molar-refractivity contribution >= 4 is 18.0 Å². The normalized spacial score (nSPS) is 15.4. The lowest BCUT2D eigenvalue weighted by Crippen LogP contribution is -2.47. The number of hydrogen-bond acceptors (Lipinski definition) is 4. The predicted molar refractivity (Wildman–Crippen MR) is 129 cm³/mol. The highest BCUT2D eigenvalue weighted by Gasteiger charge is 2.26. The van der Waals surface area contributed by atoms with Crippen molar-refractivity contribution in [2.24, 2.45) is 5.10 Å². The van der Waals surface area contributed by atoms with Crippen LogP contribution < -0.4 is 10.7 Å². The number of piperidine rings is 1. The van der Waals surface area contributed by atoms with Gasteiger partial charge in [-0.25, -0.2) is 5.43 Å². The first-order valence-corrected chi connectivity index (χ1v) is 11.6. The van der Waals surface area contributed by atoms with Crippen molar-refractivity contribution in [1.29, 1.82) is 0 Å². The number of hydrogen-bond donors (Lipinski definition) is 2. The lowest BCUT2D eigenvalue weighted by Gasteiger charge is -2.33. The molecule has 1 heterocycles. The molecule has 0 saturated carbocycles. The number of benzene rings is 2. The van der Waals surface area contributed by atoms with Crippen LogP contribution in [0.4, 0.5) is 0 Å². The molecule has 3 rings (SSSR count). The first-order chi connectivity index (χ1) is 15.6. The molecule has 0 spiro atoms. The zero-order chi connectivity index (χ0) is 22.6. The highest BCUT2D eigenvalue weighted by atomic mass is 16.2. The largest absolute Gasteiger partial charge is 0.352 e. The zero-order valence-electron chi connectivity index (χ0n) is 18.9. The Morgan fingerprint density at radius 2 is 1.72 bits per heavy atom. The molecule has 6 nitrogen and oxygen atoms in total. The van der Waals surface area contributed by atoms with E-state index >= 15 is 0 Å². The van der Waals surface area contributed by atoms with E-state index in [-0.39, 0.29) is 17.9 Å². The van der Waals surface area contributed by atoms with Crippen LogP contribution in [0.2, 0.25) is 0 Å². The van der Waals surface area contributed by atoms with Crippen molar-refractivity contribution in [3.8, 4) is 0 Å². The molecule has 1 unspecified atom stereocenters. The lowest BCUT2D eigenvalue weighted by atomic mass is 10.0. The van der Waals surface area contributed by atoms with E-state index in [1.807, 2.05) is 61.5 Å². The molecule has 0 radical (unpaired) electrons. The Morgan fingerprint density at radius 3 is 2.47 bits per heavy atom. The van der Waals surface area contributed by atoms with Gasteiger partial charge in [-0.05, 0) is 75.4 Å². The topological polar surface area (TPSA) is 73.8 Å². The molecule has 2 amide bonds. The quantitative estimate of drug-likeness (QED) is 0.338. The number of unbranched alkanes of at least 4 members (excludes halogenated alkanes) is 1. The second-order valence-corrected chi connectivity index (χ2v) is 8.32. The Morgan fingerprint density at radius 1 is 1.00 bits per heavy atom. The molecule has 6 heteroatoms. The average molecular weight is 435 g/mol. The fraction of sp³-hybridized carbons (Fsp3) is 0.423. The molecule has 1 aliphatic heterocycles. The second-order valence-electron chi connectivity index (χ2n) is 8.32. The SMILES string of the molecule is Cc1ccccc1/C=N/NC(=O)C(CCCCNC(=O)c1ccccc1)N1CCCCC1. The maximum absolute atomic E-state index is 12.9. The van der Waals surface area contributed by atoms with Gasteiger partial charge in [-0.2, -0.15) is 5.10 Å². The Balaban J connectivity index is 1.48. The molecular weight excluding hydrogens is 400 g/mol. The molecule has 1 saturated heterocycles. The van der Waals surface area contributed by atoms with Gasteiger partial charge >= 0.3 is 0 Å². The molecule has 0 aromatic heterocycles. The Bertz CT molecular complexity index is 892. The Labute approximate surface area is 191 Å². The van der Waals surface area contributed by atoms with Crippen LogP contribution in [0.25, 0.3) is 0 Å². The third kappa shape index (κ3) is 7.31. The number of amides is 2. The van der Waals surface area contributed by atoms with Crippen LogP contribution >= 0.6 is 0 Å². The fourth-order valence-corrected chi connectivity index (χ4v) is 4.04. The van der Waals surface area contributed by atoms with E-state index in [1.165, 1.54) is 6.42 Å². The van der Waals surface area contributed by atoms with E-state index < -0.39 is 0 Å². The fourth-order valence-electron chi connectivity index (χ4n) is 4.04. The van der Waals surface area contributed by atoms with E-state index in [4.69, 9.17) is 0 Å². The molecule has 0 aliphatic carbocycles. The Kier molecular flexibility index (Phi) is 9.44. The minimum absolute atomic E-state index is 0.0509. The third-order valence-corrected chi connectivity index (χ3v) is 5.93. The van der Waals surface area contributed by atoms with Crippen molar-refractivity contribution in [3.63, 3.8) is 0 Å². The van der Waals surface area contributed by atoms with Gasteiger partial charge in [0.1, 0.15) is 0 Å². The first kappa shape index (κ1) is 23.7. The number of aryl methyl sites for hydroxylation is 1. The Hall–Kier alpha value is -2.99. The lowest BCUT2D eigenvalue weighted by molar-refractivity contribution is -0.127. The summed E-state index contributed by atoms with van der Waals surface area (Å²) in [6, 6.07) is 17.0. The van der Waals surface area contributed by atoms with E-state index in [0.29, 0.717) is 12.1 Å². The van der Waals surface area contributed by atoms with Crippen LogP contribution in [-0.4, -0.2) is 48.6 Å². The van der Waals surface area contributed by atoms with Gasteiger partial charge in [-0.3, -0.25) is 14.5 Å². The summed E-state index contributed by atoms with van der Waals surface area (Å²) < 4.78 is 0. The zero-order valence-corrected chi connectivity index (χ0v) is 18.9. The maximum Gasteiger partial charge on any atom is 0.257 e. The standard InChI is InChI=1S/C26H34N4O2/c1-21-12-6-7-15-23(21)20-28-29-26(32)24(30-18-10-3-11-19-30)16-8-9-17-27-25(31)22-13-4-2-5-14-22/h2,4-7,12-15,20,24H,3,8-11,16-19H2,1H3,(H,27,31)(H,29,32)/b28-20+. The van der Waals surface area contributed by atoms with Crippen LogP contribution in [0.3, 0.4) is 0 Å². The van der Waals surface area contributed by atoms with Crippen LogP contribution in [0.15, 0.2) is 59.7 Å².